The topological polar surface area (TPSA) is 60.3 Å². The lowest BCUT2D eigenvalue weighted by atomic mass is 10.2. The van der Waals surface area contributed by atoms with Crippen LogP contribution in [-0.2, 0) is 11.3 Å². The Bertz CT molecular complexity index is 772. The summed E-state index contributed by atoms with van der Waals surface area (Å²) in [5.41, 5.74) is 0.497. The van der Waals surface area contributed by atoms with Crippen LogP contribution in [0.1, 0.15) is 23.0 Å². The van der Waals surface area contributed by atoms with Crippen LogP contribution < -0.4 is 10.9 Å². The van der Waals surface area contributed by atoms with Crippen molar-refractivity contribution in [2.24, 2.45) is 0 Å². The fourth-order valence-corrected chi connectivity index (χ4v) is 2.72. The minimum atomic E-state index is -0.690. The van der Waals surface area contributed by atoms with Gasteiger partial charge in [0.1, 0.15) is 11.4 Å². The molecule has 0 amide bonds. The van der Waals surface area contributed by atoms with E-state index in [1.807, 2.05) is 0 Å². The summed E-state index contributed by atoms with van der Waals surface area (Å²) >= 11 is 3.38. The first-order chi connectivity index (χ1) is 11.0. The minimum absolute atomic E-state index is 0.0806. The Kier molecular flexibility index (Phi) is 5.68. The molecule has 23 heavy (non-hydrogen) atoms. The lowest BCUT2D eigenvalue weighted by Crippen LogP contribution is -2.30. The van der Waals surface area contributed by atoms with Gasteiger partial charge in [0.2, 0.25) is 0 Å². The molecular formula is C16H16BrFN2O3. The third-order valence-corrected chi connectivity index (χ3v) is 3.86. The Hall–Kier alpha value is -1.99. The zero-order valence-corrected chi connectivity index (χ0v) is 14.3. The lowest BCUT2D eigenvalue weighted by molar-refractivity contribution is 0.0523. The second-order valence-electron chi connectivity index (χ2n) is 4.72. The largest absolute Gasteiger partial charge is 0.462 e. The van der Waals surface area contributed by atoms with E-state index >= 15 is 0 Å². The van der Waals surface area contributed by atoms with Crippen LogP contribution in [0.4, 0.5) is 4.39 Å². The van der Waals surface area contributed by atoms with Gasteiger partial charge in [-0.15, -0.1) is 0 Å². The molecule has 122 valence electrons. The van der Waals surface area contributed by atoms with Crippen molar-refractivity contribution in [1.29, 1.82) is 0 Å². The van der Waals surface area contributed by atoms with Gasteiger partial charge in [0.25, 0.3) is 5.56 Å². The number of aromatic nitrogens is 1. The van der Waals surface area contributed by atoms with E-state index in [1.54, 1.807) is 14.0 Å². The van der Waals surface area contributed by atoms with Crippen molar-refractivity contribution in [2.75, 3.05) is 13.7 Å². The van der Waals surface area contributed by atoms with Crippen LogP contribution in [0.15, 0.2) is 39.6 Å². The molecule has 1 N–H and O–H groups in total. The maximum atomic E-state index is 13.2. The van der Waals surface area contributed by atoms with E-state index < -0.39 is 17.3 Å². The molecule has 0 aliphatic heterocycles. The molecule has 0 unspecified atom stereocenters. The molecule has 2 aromatic rings. The molecule has 7 heteroatoms. The molecule has 0 bridgehead atoms. The third-order valence-electron chi connectivity index (χ3n) is 3.17. The minimum Gasteiger partial charge on any atom is -0.462 e. The average Bonchev–Trinajstić information content (AvgIpc) is 2.52. The van der Waals surface area contributed by atoms with Crippen LogP contribution in [0.25, 0.3) is 5.69 Å². The number of ether oxygens (including phenoxy) is 1. The van der Waals surface area contributed by atoms with E-state index in [0.717, 1.165) is 0 Å². The zero-order chi connectivity index (χ0) is 17.0. The number of nitrogens with one attached hydrogen (secondary N) is 1. The maximum Gasteiger partial charge on any atom is 0.343 e. The lowest BCUT2D eigenvalue weighted by Gasteiger charge is -2.16. The number of benzene rings is 1. The molecule has 1 aromatic heterocycles. The van der Waals surface area contributed by atoms with Crippen LogP contribution in [0.2, 0.25) is 0 Å². The molecule has 0 spiro atoms. The fourth-order valence-electron chi connectivity index (χ4n) is 2.17. The second kappa shape index (κ2) is 7.52. The number of carbonyl (C=O) groups excluding carboxylic acids is 1. The van der Waals surface area contributed by atoms with E-state index in [1.165, 1.54) is 34.9 Å². The molecule has 1 heterocycles. The van der Waals surface area contributed by atoms with Gasteiger partial charge in [-0.3, -0.25) is 9.36 Å². The molecule has 0 aliphatic rings. The van der Waals surface area contributed by atoms with E-state index in [-0.39, 0.29) is 12.2 Å². The number of hydrogen-bond acceptors (Lipinski definition) is 4. The monoisotopic (exact) mass is 382 g/mol. The van der Waals surface area contributed by atoms with Crippen molar-refractivity contribution in [3.8, 4) is 5.69 Å². The van der Waals surface area contributed by atoms with E-state index in [9.17, 15) is 14.0 Å². The zero-order valence-electron chi connectivity index (χ0n) is 12.7. The van der Waals surface area contributed by atoms with E-state index in [4.69, 9.17) is 4.74 Å². The van der Waals surface area contributed by atoms with E-state index in [0.29, 0.717) is 22.4 Å². The van der Waals surface area contributed by atoms with Crippen LogP contribution in [0.3, 0.4) is 0 Å². The summed E-state index contributed by atoms with van der Waals surface area (Å²) in [7, 11) is 1.74. The highest BCUT2D eigenvalue weighted by atomic mass is 79.9. The van der Waals surface area contributed by atoms with Crippen molar-refractivity contribution >= 4 is 21.9 Å². The van der Waals surface area contributed by atoms with Gasteiger partial charge in [-0.05, 0) is 60.2 Å². The van der Waals surface area contributed by atoms with Crippen LogP contribution in [0.5, 0.6) is 0 Å². The Labute approximate surface area is 141 Å². The first-order valence-electron chi connectivity index (χ1n) is 7.01. The highest BCUT2D eigenvalue weighted by Gasteiger charge is 2.20. The predicted molar refractivity (Wildman–Crippen MR) is 88.4 cm³/mol. The molecule has 1 aromatic carbocycles. The van der Waals surface area contributed by atoms with Crippen LogP contribution >= 0.6 is 15.9 Å². The quantitative estimate of drug-likeness (QED) is 0.807. The molecule has 0 aliphatic carbocycles. The smallest absolute Gasteiger partial charge is 0.343 e. The van der Waals surface area contributed by atoms with Gasteiger partial charge >= 0.3 is 5.97 Å². The van der Waals surface area contributed by atoms with Gasteiger partial charge in [0.15, 0.2) is 0 Å². The summed E-state index contributed by atoms with van der Waals surface area (Å²) < 4.78 is 20.0. The number of rotatable bonds is 5. The highest BCUT2D eigenvalue weighted by molar-refractivity contribution is 9.10. The summed E-state index contributed by atoms with van der Waals surface area (Å²) in [6.07, 6.45) is 0. The molecule has 0 atom stereocenters. The van der Waals surface area contributed by atoms with Crippen molar-refractivity contribution in [3.63, 3.8) is 0 Å². The van der Waals surface area contributed by atoms with Gasteiger partial charge in [-0.1, -0.05) is 0 Å². The second-order valence-corrected chi connectivity index (χ2v) is 5.57. The van der Waals surface area contributed by atoms with Gasteiger partial charge in [0.05, 0.1) is 12.3 Å². The Balaban J connectivity index is 2.72. The number of carbonyl (C=O) groups is 1. The molecule has 2 rings (SSSR count). The van der Waals surface area contributed by atoms with Gasteiger partial charge in [-0.25, -0.2) is 9.18 Å². The Morgan fingerprint density at radius 3 is 2.57 bits per heavy atom. The van der Waals surface area contributed by atoms with Crippen LogP contribution in [0, 0.1) is 5.82 Å². The van der Waals surface area contributed by atoms with E-state index in [2.05, 4.69) is 21.2 Å². The number of pyridine rings is 1. The Morgan fingerprint density at radius 2 is 2.00 bits per heavy atom. The molecular weight excluding hydrogens is 367 g/mol. The summed E-state index contributed by atoms with van der Waals surface area (Å²) in [5.74, 6) is -1.09. The normalized spacial score (nSPS) is 10.6. The maximum absolute atomic E-state index is 13.2. The fraction of sp³-hybridized carbons (Fsp3) is 0.250. The number of nitrogens with zero attached hydrogens (tertiary/aromatic N) is 1. The summed E-state index contributed by atoms with van der Waals surface area (Å²) in [5, 5.41) is 2.97. The Morgan fingerprint density at radius 1 is 1.35 bits per heavy atom. The third kappa shape index (κ3) is 3.68. The first kappa shape index (κ1) is 17.4. The van der Waals surface area contributed by atoms with Gasteiger partial charge < -0.3 is 10.1 Å². The van der Waals surface area contributed by atoms with Crippen molar-refractivity contribution in [3.05, 3.63) is 62.2 Å². The summed E-state index contributed by atoms with van der Waals surface area (Å²) in [6, 6.07) is 6.94. The number of esters is 1. The molecule has 0 saturated heterocycles. The van der Waals surface area contributed by atoms with Crippen LogP contribution in [-0.4, -0.2) is 24.2 Å². The number of halogens is 2. The standard InChI is InChI=1S/C16H16BrFN2O3/c1-3-23-16(22)12-8-13(17)14(9-19-2)20(15(12)21)11-6-4-10(18)5-7-11/h4-8,19H,3,9H2,1-2H3. The molecule has 5 nitrogen and oxygen atoms in total. The molecule has 0 radical (unpaired) electrons. The van der Waals surface area contributed by atoms with Crippen molar-refractivity contribution in [2.45, 2.75) is 13.5 Å². The molecule has 0 fully saturated rings. The van der Waals surface area contributed by atoms with Gasteiger partial charge in [-0.2, -0.15) is 0 Å². The van der Waals surface area contributed by atoms with Gasteiger partial charge in [0, 0.05) is 16.7 Å². The summed E-state index contributed by atoms with van der Waals surface area (Å²) in [4.78, 5) is 24.7. The van der Waals surface area contributed by atoms with Crippen molar-refractivity contribution < 1.29 is 13.9 Å². The SMILES string of the molecule is CCOC(=O)c1cc(Br)c(CNC)n(-c2ccc(F)cc2)c1=O. The number of hydrogen-bond donors (Lipinski definition) is 1. The highest BCUT2D eigenvalue weighted by Crippen LogP contribution is 2.20. The average molecular weight is 383 g/mol. The molecule has 0 saturated carbocycles. The predicted octanol–water partition coefficient (Wildman–Crippen LogP) is 2.64. The first-order valence-corrected chi connectivity index (χ1v) is 7.81. The van der Waals surface area contributed by atoms with Crippen molar-refractivity contribution in [1.82, 2.24) is 9.88 Å². The summed E-state index contributed by atoms with van der Waals surface area (Å²) in [6.45, 7) is 2.22.